The summed E-state index contributed by atoms with van der Waals surface area (Å²) in [6.45, 7) is 1.72. The number of fused-ring (bicyclic) bond motifs is 1. The molecule has 5 heteroatoms. The third-order valence-electron chi connectivity index (χ3n) is 5.21. The number of β-amino-alcohol motifs (C(OH)–C–C–N with tert-alkyl or cyclic N) is 1. The summed E-state index contributed by atoms with van der Waals surface area (Å²) in [5.41, 5.74) is 0.799. The van der Waals surface area contributed by atoms with Gasteiger partial charge in [0, 0.05) is 18.8 Å². The number of aliphatic hydroxyl groups excluding tert-OH is 1. The highest BCUT2D eigenvalue weighted by Gasteiger charge is 2.35. The molecular formula is C17H25NO3S. The van der Waals surface area contributed by atoms with Gasteiger partial charge in [-0.25, -0.2) is 8.42 Å². The summed E-state index contributed by atoms with van der Waals surface area (Å²) in [4.78, 5) is 2.74. The van der Waals surface area contributed by atoms with E-state index in [0.717, 1.165) is 18.0 Å². The van der Waals surface area contributed by atoms with E-state index < -0.39 is 15.9 Å². The van der Waals surface area contributed by atoms with Gasteiger partial charge in [-0.15, -0.1) is 0 Å². The van der Waals surface area contributed by atoms with Crippen LogP contribution >= 0.6 is 0 Å². The molecule has 2 fully saturated rings. The van der Waals surface area contributed by atoms with E-state index in [4.69, 9.17) is 0 Å². The van der Waals surface area contributed by atoms with Crippen LogP contribution in [0.15, 0.2) is 29.2 Å². The van der Waals surface area contributed by atoms with Crippen molar-refractivity contribution in [1.29, 1.82) is 0 Å². The molecule has 22 heavy (non-hydrogen) atoms. The molecule has 1 aliphatic carbocycles. The normalized spacial score (nSPS) is 27.5. The number of benzene rings is 1. The molecule has 1 aliphatic heterocycles. The van der Waals surface area contributed by atoms with Crippen LogP contribution in [0.2, 0.25) is 0 Å². The molecule has 1 heterocycles. The molecule has 0 bridgehead atoms. The van der Waals surface area contributed by atoms with Crippen molar-refractivity contribution in [1.82, 2.24) is 4.90 Å². The summed E-state index contributed by atoms with van der Waals surface area (Å²) < 4.78 is 23.0. The number of likely N-dealkylation sites (tertiary alicyclic amines) is 1. The van der Waals surface area contributed by atoms with E-state index in [1.54, 1.807) is 24.3 Å². The smallest absolute Gasteiger partial charge is 0.175 e. The lowest BCUT2D eigenvalue weighted by Crippen LogP contribution is -2.44. The van der Waals surface area contributed by atoms with Crippen molar-refractivity contribution < 1.29 is 13.5 Å². The zero-order valence-electron chi connectivity index (χ0n) is 13.1. The molecule has 0 spiro atoms. The van der Waals surface area contributed by atoms with Gasteiger partial charge in [0.2, 0.25) is 0 Å². The number of sulfone groups is 1. The van der Waals surface area contributed by atoms with Gasteiger partial charge in [0.25, 0.3) is 0 Å². The summed E-state index contributed by atoms with van der Waals surface area (Å²) in [5, 5.41) is 10.5. The largest absolute Gasteiger partial charge is 0.387 e. The summed E-state index contributed by atoms with van der Waals surface area (Å²) in [7, 11) is -3.18. The molecule has 3 rings (SSSR count). The summed E-state index contributed by atoms with van der Waals surface area (Å²) >= 11 is 0. The van der Waals surface area contributed by atoms with Gasteiger partial charge in [-0.2, -0.15) is 0 Å². The van der Waals surface area contributed by atoms with Crippen molar-refractivity contribution in [2.75, 3.05) is 19.3 Å². The first-order valence-corrected chi connectivity index (χ1v) is 10.1. The van der Waals surface area contributed by atoms with E-state index in [-0.39, 0.29) is 0 Å². The highest BCUT2D eigenvalue weighted by molar-refractivity contribution is 7.90. The van der Waals surface area contributed by atoms with Crippen LogP contribution in [0.25, 0.3) is 0 Å². The Balaban J connectivity index is 1.67. The number of hydrogen-bond acceptors (Lipinski definition) is 4. The topological polar surface area (TPSA) is 57.6 Å². The number of nitrogens with zero attached hydrogens (tertiary/aromatic N) is 1. The second-order valence-electron chi connectivity index (χ2n) is 6.75. The van der Waals surface area contributed by atoms with E-state index in [1.165, 1.54) is 38.4 Å². The molecule has 3 unspecified atom stereocenters. The van der Waals surface area contributed by atoms with E-state index in [0.29, 0.717) is 17.5 Å². The third-order valence-corrected chi connectivity index (χ3v) is 6.34. The second-order valence-corrected chi connectivity index (χ2v) is 8.77. The number of piperidine rings is 1. The molecule has 122 valence electrons. The number of hydrogen-bond donors (Lipinski definition) is 1. The predicted octanol–water partition coefficient (Wildman–Crippen LogP) is 2.39. The molecular weight excluding hydrogens is 298 g/mol. The lowest BCUT2D eigenvalue weighted by atomic mass is 9.91. The van der Waals surface area contributed by atoms with Crippen LogP contribution in [0.3, 0.4) is 0 Å². The standard InChI is InChI=1S/C17H25NO3S/c1-22(20,21)15-9-7-14(8-10-15)17(19)12-18-11-3-5-13-4-2-6-16(13)18/h7-10,13,16-17,19H,2-6,11-12H2,1H3. The van der Waals surface area contributed by atoms with E-state index in [1.807, 2.05) is 0 Å². The van der Waals surface area contributed by atoms with Crippen LogP contribution in [0.1, 0.15) is 43.8 Å². The van der Waals surface area contributed by atoms with Crippen molar-refractivity contribution >= 4 is 9.84 Å². The first-order chi connectivity index (χ1) is 10.4. The highest BCUT2D eigenvalue weighted by Crippen LogP contribution is 2.37. The maximum Gasteiger partial charge on any atom is 0.175 e. The summed E-state index contributed by atoms with van der Waals surface area (Å²) in [6.07, 6.45) is 7.11. The van der Waals surface area contributed by atoms with Gasteiger partial charge >= 0.3 is 0 Å². The molecule has 2 aliphatic rings. The van der Waals surface area contributed by atoms with Gasteiger partial charge in [0.15, 0.2) is 9.84 Å². The Kier molecular flexibility index (Phi) is 4.57. The predicted molar refractivity (Wildman–Crippen MR) is 86.4 cm³/mol. The second kappa shape index (κ2) is 6.30. The highest BCUT2D eigenvalue weighted by atomic mass is 32.2. The Morgan fingerprint density at radius 3 is 2.55 bits per heavy atom. The van der Waals surface area contributed by atoms with E-state index >= 15 is 0 Å². The molecule has 1 saturated heterocycles. The monoisotopic (exact) mass is 323 g/mol. The van der Waals surface area contributed by atoms with Crippen molar-refractivity contribution in [2.24, 2.45) is 5.92 Å². The quantitative estimate of drug-likeness (QED) is 0.924. The fourth-order valence-corrected chi connectivity index (χ4v) is 4.68. The lowest BCUT2D eigenvalue weighted by molar-refractivity contribution is 0.0506. The Bertz CT molecular complexity index is 611. The Labute approximate surface area is 133 Å². The van der Waals surface area contributed by atoms with Crippen molar-refractivity contribution in [3.05, 3.63) is 29.8 Å². The Morgan fingerprint density at radius 1 is 1.18 bits per heavy atom. The molecule has 0 amide bonds. The summed E-state index contributed by atoms with van der Waals surface area (Å²) in [5.74, 6) is 0.813. The van der Waals surface area contributed by atoms with Crippen molar-refractivity contribution in [2.45, 2.75) is 49.1 Å². The van der Waals surface area contributed by atoms with Gasteiger partial charge in [-0.05, 0) is 55.8 Å². The fourth-order valence-electron chi connectivity index (χ4n) is 4.05. The van der Waals surface area contributed by atoms with Crippen LogP contribution < -0.4 is 0 Å². The van der Waals surface area contributed by atoms with Gasteiger partial charge in [-0.1, -0.05) is 18.6 Å². The van der Waals surface area contributed by atoms with Gasteiger partial charge in [0.05, 0.1) is 11.0 Å². The van der Waals surface area contributed by atoms with Gasteiger partial charge in [-0.3, -0.25) is 4.90 Å². The zero-order valence-corrected chi connectivity index (χ0v) is 13.9. The van der Waals surface area contributed by atoms with Gasteiger partial charge < -0.3 is 5.11 Å². The lowest BCUT2D eigenvalue weighted by Gasteiger charge is -2.38. The van der Waals surface area contributed by atoms with Crippen molar-refractivity contribution in [3.63, 3.8) is 0 Å². The Hall–Kier alpha value is -0.910. The molecule has 1 saturated carbocycles. The van der Waals surface area contributed by atoms with E-state index in [2.05, 4.69) is 4.90 Å². The van der Waals surface area contributed by atoms with Crippen LogP contribution in [0.5, 0.6) is 0 Å². The van der Waals surface area contributed by atoms with Crippen LogP contribution in [-0.4, -0.2) is 43.8 Å². The maximum atomic E-state index is 11.5. The molecule has 1 aromatic carbocycles. The molecule has 0 radical (unpaired) electrons. The molecule has 4 nitrogen and oxygen atoms in total. The SMILES string of the molecule is CS(=O)(=O)c1ccc(C(O)CN2CCCC3CCCC32)cc1. The first kappa shape index (κ1) is 16.0. The zero-order chi connectivity index (χ0) is 15.7. The summed E-state index contributed by atoms with van der Waals surface area (Å²) in [6, 6.07) is 7.28. The molecule has 3 atom stereocenters. The molecule has 0 aromatic heterocycles. The first-order valence-electron chi connectivity index (χ1n) is 8.17. The number of rotatable bonds is 4. The minimum absolute atomic E-state index is 0.303. The van der Waals surface area contributed by atoms with E-state index in [9.17, 15) is 13.5 Å². The maximum absolute atomic E-state index is 11.5. The van der Waals surface area contributed by atoms with Gasteiger partial charge in [0.1, 0.15) is 0 Å². The molecule has 1 aromatic rings. The van der Waals surface area contributed by atoms with Crippen LogP contribution in [0, 0.1) is 5.92 Å². The minimum atomic E-state index is -3.18. The third kappa shape index (κ3) is 3.36. The number of aliphatic hydroxyl groups is 1. The Morgan fingerprint density at radius 2 is 1.86 bits per heavy atom. The fraction of sp³-hybridized carbons (Fsp3) is 0.647. The minimum Gasteiger partial charge on any atom is -0.387 e. The van der Waals surface area contributed by atoms with Crippen LogP contribution in [-0.2, 0) is 9.84 Å². The van der Waals surface area contributed by atoms with Crippen molar-refractivity contribution in [3.8, 4) is 0 Å². The molecule has 1 N–H and O–H groups in total. The average molecular weight is 323 g/mol. The van der Waals surface area contributed by atoms with Crippen LogP contribution in [0.4, 0.5) is 0 Å². The average Bonchev–Trinajstić information content (AvgIpc) is 2.96.